The fraction of sp³-hybridized carbons (Fsp3) is 0.842. The van der Waals surface area contributed by atoms with Gasteiger partial charge in [0.15, 0.2) is 5.96 Å². The number of likely N-dealkylation sites (tertiary alicyclic amines) is 1. The molecule has 6 heteroatoms. The smallest absolute Gasteiger partial charge is 0.191 e. The molecule has 0 radical (unpaired) electrons. The van der Waals surface area contributed by atoms with Crippen molar-refractivity contribution in [2.45, 2.75) is 65.1 Å². The Morgan fingerprint density at radius 2 is 1.84 bits per heavy atom. The van der Waals surface area contributed by atoms with E-state index in [0.717, 1.165) is 45.1 Å². The van der Waals surface area contributed by atoms with Crippen molar-refractivity contribution in [3.8, 4) is 0 Å². The predicted octanol–water partition coefficient (Wildman–Crippen LogP) is 2.93. The Balaban J connectivity index is 0.00000576. The number of nitrogens with zero attached hydrogens (tertiary/aromatic N) is 3. The van der Waals surface area contributed by atoms with E-state index in [0.29, 0.717) is 18.1 Å². The van der Waals surface area contributed by atoms with Crippen LogP contribution in [0.4, 0.5) is 0 Å². The van der Waals surface area contributed by atoms with E-state index in [2.05, 4.69) is 59.7 Å². The number of guanidine groups is 1. The molecule has 0 atom stereocenters. The molecule has 0 aromatic carbocycles. The van der Waals surface area contributed by atoms with Gasteiger partial charge in [-0.1, -0.05) is 6.08 Å². The summed E-state index contributed by atoms with van der Waals surface area (Å²) in [6.45, 7) is 18.3. The van der Waals surface area contributed by atoms with Crippen LogP contribution in [0.25, 0.3) is 0 Å². The zero-order valence-corrected chi connectivity index (χ0v) is 19.3. The van der Waals surface area contributed by atoms with Crippen LogP contribution in [0, 0.1) is 0 Å². The first-order valence-corrected chi connectivity index (χ1v) is 9.54. The van der Waals surface area contributed by atoms with Crippen molar-refractivity contribution in [1.82, 2.24) is 20.4 Å². The van der Waals surface area contributed by atoms with Gasteiger partial charge in [-0.25, -0.2) is 0 Å². The van der Waals surface area contributed by atoms with Crippen LogP contribution in [0.2, 0.25) is 0 Å². The van der Waals surface area contributed by atoms with Crippen molar-refractivity contribution in [2.24, 2.45) is 4.99 Å². The summed E-state index contributed by atoms with van der Waals surface area (Å²) in [5.41, 5.74) is 0. The lowest BCUT2D eigenvalue weighted by molar-refractivity contribution is 0.173. The molecule has 25 heavy (non-hydrogen) atoms. The van der Waals surface area contributed by atoms with Crippen LogP contribution in [0.5, 0.6) is 0 Å². The van der Waals surface area contributed by atoms with Crippen LogP contribution in [-0.2, 0) is 0 Å². The molecule has 0 saturated carbocycles. The molecular formula is C19H40IN5. The molecule has 0 bridgehead atoms. The predicted molar refractivity (Wildman–Crippen MR) is 121 cm³/mol. The highest BCUT2D eigenvalue weighted by Crippen LogP contribution is 2.10. The van der Waals surface area contributed by atoms with Crippen molar-refractivity contribution in [3.63, 3.8) is 0 Å². The summed E-state index contributed by atoms with van der Waals surface area (Å²) in [7, 11) is 1.86. The van der Waals surface area contributed by atoms with Gasteiger partial charge in [0.25, 0.3) is 0 Å². The lowest BCUT2D eigenvalue weighted by atomic mass is 10.1. The Kier molecular flexibility index (Phi) is 13.6. The van der Waals surface area contributed by atoms with Crippen molar-refractivity contribution in [3.05, 3.63) is 12.7 Å². The Morgan fingerprint density at radius 1 is 1.24 bits per heavy atom. The highest BCUT2D eigenvalue weighted by molar-refractivity contribution is 14.0. The summed E-state index contributed by atoms with van der Waals surface area (Å²) >= 11 is 0. The Morgan fingerprint density at radius 3 is 2.32 bits per heavy atom. The van der Waals surface area contributed by atoms with Gasteiger partial charge in [-0.2, -0.15) is 0 Å². The van der Waals surface area contributed by atoms with Crippen molar-refractivity contribution in [2.75, 3.05) is 39.8 Å². The zero-order valence-electron chi connectivity index (χ0n) is 16.9. The number of rotatable bonds is 9. The van der Waals surface area contributed by atoms with E-state index in [9.17, 15) is 0 Å². The average molecular weight is 465 g/mol. The molecule has 0 spiro atoms. The van der Waals surface area contributed by atoms with Gasteiger partial charge in [-0.15, -0.1) is 30.6 Å². The third-order valence-electron chi connectivity index (χ3n) is 4.75. The van der Waals surface area contributed by atoms with E-state index in [1.165, 1.54) is 12.8 Å². The van der Waals surface area contributed by atoms with Crippen LogP contribution in [-0.4, -0.2) is 73.7 Å². The van der Waals surface area contributed by atoms with E-state index >= 15 is 0 Å². The summed E-state index contributed by atoms with van der Waals surface area (Å²) in [5.74, 6) is 0.942. The summed E-state index contributed by atoms with van der Waals surface area (Å²) in [6, 6.07) is 1.73. The largest absolute Gasteiger partial charge is 0.356 e. The van der Waals surface area contributed by atoms with Crippen LogP contribution < -0.4 is 10.6 Å². The SMILES string of the molecule is C=CCN1CCC(NC(=NC)NCCCN(C(C)C)C(C)C)CC1.I. The highest BCUT2D eigenvalue weighted by Gasteiger charge is 2.19. The molecule has 1 aliphatic heterocycles. The van der Waals surface area contributed by atoms with Gasteiger partial charge in [0.1, 0.15) is 0 Å². The number of nitrogens with one attached hydrogen (secondary N) is 2. The lowest BCUT2D eigenvalue weighted by Crippen LogP contribution is -2.49. The molecule has 2 N–H and O–H groups in total. The molecule has 0 aromatic heterocycles. The molecular weight excluding hydrogens is 425 g/mol. The van der Waals surface area contributed by atoms with E-state index < -0.39 is 0 Å². The average Bonchev–Trinajstić information content (AvgIpc) is 2.54. The van der Waals surface area contributed by atoms with Crippen molar-refractivity contribution < 1.29 is 0 Å². The molecule has 5 nitrogen and oxygen atoms in total. The van der Waals surface area contributed by atoms with Gasteiger partial charge >= 0.3 is 0 Å². The Hall–Kier alpha value is -0.340. The molecule has 0 aliphatic carbocycles. The van der Waals surface area contributed by atoms with Gasteiger partial charge in [0, 0.05) is 57.9 Å². The Labute approximate surface area is 172 Å². The first-order valence-electron chi connectivity index (χ1n) is 9.54. The van der Waals surface area contributed by atoms with Gasteiger partial charge in [0.2, 0.25) is 0 Å². The summed E-state index contributed by atoms with van der Waals surface area (Å²) in [6.07, 6.45) is 5.46. The monoisotopic (exact) mass is 465 g/mol. The minimum Gasteiger partial charge on any atom is -0.356 e. The summed E-state index contributed by atoms with van der Waals surface area (Å²) in [4.78, 5) is 9.36. The maximum Gasteiger partial charge on any atom is 0.191 e. The fourth-order valence-electron chi connectivity index (χ4n) is 3.41. The van der Waals surface area contributed by atoms with Crippen LogP contribution in [0.3, 0.4) is 0 Å². The number of halogens is 1. The van der Waals surface area contributed by atoms with E-state index in [1.54, 1.807) is 0 Å². The molecule has 0 unspecified atom stereocenters. The number of hydrogen-bond acceptors (Lipinski definition) is 3. The first kappa shape index (κ1) is 24.7. The lowest BCUT2D eigenvalue weighted by Gasteiger charge is -2.32. The maximum atomic E-state index is 4.38. The third kappa shape index (κ3) is 9.80. The van der Waals surface area contributed by atoms with Crippen LogP contribution in [0.1, 0.15) is 47.0 Å². The quantitative estimate of drug-likeness (QED) is 0.181. The minimum atomic E-state index is 0. The number of hydrogen-bond donors (Lipinski definition) is 2. The molecule has 1 rings (SSSR count). The van der Waals surface area contributed by atoms with E-state index in [-0.39, 0.29) is 24.0 Å². The first-order chi connectivity index (χ1) is 11.5. The van der Waals surface area contributed by atoms with E-state index in [1.807, 2.05) is 13.1 Å². The van der Waals surface area contributed by atoms with Gasteiger partial charge < -0.3 is 10.6 Å². The second kappa shape index (κ2) is 13.8. The molecule has 0 aromatic rings. The van der Waals surface area contributed by atoms with Gasteiger partial charge in [-0.05, 0) is 47.0 Å². The molecule has 1 fully saturated rings. The molecule has 1 saturated heterocycles. The second-order valence-corrected chi connectivity index (χ2v) is 7.29. The highest BCUT2D eigenvalue weighted by atomic mass is 127. The normalized spacial score (nSPS) is 17.0. The summed E-state index contributed by atoms with van der Waals surface area (Å²) < 4.78 is 0. The topological polar surface area (TPSA) is 42.9 Å². The molecule has 1 aliphatic rings. The van der Waals surface area contributed by atoms with Gasteiger partial charge in [0.05, 0.1) is 0 Å². The fourth-order valence-corrected chi connectivity index (χ4v) is 3.41. The van der Waals surface area contributed by atoms with Crippen LogP contribution in [0.15, 0.2) is 17.6 Å². The van der Waals surface area contributed by atoms with Crippen LogP contribution >= 0.6 is 24.0 Å². The summed E-state index contributed by atoms with van der Waals surface area (Å²) in [5, 5.41) is 7.04. The third-order valence-corrected chi connectivity index (χ3v) is 4.75. The number of piperidine rings is 1. The maximum absolute atomic E-state index is 4.38. The van der Waals surface area contributed by atoms with Crippen molar-refractivity contribution >= 4 is 29.9 Å². The standard InChI is InChI=1S/C19H39N5.HI/c1-7-12-23-14-9-18(10-15-23)22-19(20-6)21-11-8-13-24(16(2)3)17(4)5;/h7,16-18H,1,8-15H2,2-6H3,(H2,20,21,22);1H. The number of aliphatic imine (C=N–C) groups is 1. The Bertz CT molecular complexity index is 368. The molecule has 148 valence electrons. The molecule has 0 amide bonds. The van der Waals surface area contributed by atoms with Gasteiger partial charge in [-0.3, -0.25) is 14.8 Å². The minimum absolute atomic E-state index is 0. The molecule has 1 heterocycles. The van der Waals surface area contributed by atoms with Crippen molar-refractivity contribution in [1.29, 1.82) is 0 Å². The van der Waals surface area contributed by atoms with E-state index in [4.69, 9.17) is 0 Å². The second-order valence-electron chi connectivity index (χ2n) is 7.29. The zero-order chi connectivity index (χ0) is 17.9.